The van der Waals surface area contributed by atoms with Crippen molar-refractivity contribution in [3.8, 4) is 0 Å². The van der Waals surface area contributed by atoms with Crippen LogP contribution in [0.2, 0.25) is 5.02 Å². The van der Waals surface area contributed by atoms with Crippen molar-refractivity contribution in [3.05, 3.63) is 34.9 Å². The summed E-state index contributed by atoms with van der Waals surface area (Å²) < 4.78 is 0. The molecule has 0 unspecified atom stereocenters. The van der Waals surface area contributed by atoms with Crippen molar-refractivity contribution in [2.45, 2.75) is 32.1 Å². The molecule has 0 spiro atoms. The van der Waals surface area contributed by atoms with Crippen molar-refractivity contribution < 1.29 is 9.59 Å². The summed E-state index contributed by atoms with van der Waals surface area (Å²) in [5.41, 5.74) is 5.85. The first-order valence-electron chi connectivity index (χ1n) is 7.64. The minimum absolute atomic E-state index is 0. The van der Waals surface area contributed by atoms with Crippen LogP contribution in [0.25, 0.3) is 0 Å². The summed E-state index contributed by atoms with van der Waals surface area (Å²) in [6, 6.07) is 6.86. The molecule has 7 heteroatoms. The molecule has 0 fully saturated rings. The molecule has 0 atom stereocenters. The minimum Gasteiger partial charge on any atom is -0.354 e. The zero-order valence-electron chi connectivity index (χ0n) is 13.1. The van der Waals surface area contributed by atoms with E-state index in [1.807, 2.05) is 0 Å². The summed E-state index contributed by atoms with van der Waals surface area (Å²) in [6.07, 6.45) is 4.49. The third-order valence-corrected chi connectivity index (χ3v) is 3.54. The van der Waals surface area contributed by atoms with E-state index in [0.717, 1.165) is 25.7 Å². The van der Waals surface area contributed by atoms with E-state index in [0.29, 0.717) is 36.6 Å². The molecule has 23 heavy (non-hydrogen) atoms. The Kier molecular flexibility index (Phi) is 12.4. The Hall–Kier alpha value is -1.30. The molecule has 1 aromatic carbocycles. The van der Waals surface area contributed by atoms with Gasteiger partial charge in [-0.2, -0.15) is 0 Å². The van der Waals surface area contributed by atoms with Gasteiger partial charge >= 0.3 is 0 Å². The first kappa shape index (κ1) is 21.7. The van der Waals surface area contributed by atoms with E-state index in [1.165, 1.54) is 0 Å². The van der Waals surface area contributed by atoms with Gasteiger partial charge in [0.15, 0.2) is 0 Å². The summed E-state index contributed by atoms with van der Waals surface area (Å²) in [4.78, 5) is 23.4. The lowest BCUT2D eigenvalue weighted by molar-refractivity contribution is -0.121. The zero-order valence-corrected chi connectivity index (χ0v) is 14.7. The van der Waals surface area contributed by atoms with Crippen LogP contribution in [0.5, 0.6) is 0 Å². The first-order chi connectivity index (χ1) is 10.6. The highest BCUT2D eigenvalue weighted by atomic mass is 35.5. The Morgan fingerprint density at radius 2 is 1.65 bits per heavy atom. The van der Waals surface area contributed by atoms with Crippen molar-refractivity contribution in [3.63, 3.8) is 0 Å². The number of amides is 2. The van der Waals surface area contributed by atoms with Gasteiger partial charge in [0.05, 0.1) is 10.6 Å². The largest absolute Gasteiger partial charge is 0.354 e. The highest BCUT2D eigenvalue weighted by Crippen LogP contribution is 2.14. The van der Waals surface area contributed by atoms with E-state index in [-0.39, 0.29) is 24.2 Å². The molecule has 4 N–H and O–H groups in total. The van der Waals surface area contributed by atoms with Crippen LogP contribution in [0, 0.1) is 0 Å². The molecule has 1 aromatic rings. The SMILES string of the molecule is Cl.NCCCCCCC(=O)NCCNC(=O)c1ccccc1Cl. The van der Waals surface area contributed by atoms with Crippen LogP contribution in [-0.2, 0) is 4.79 Å². The predicted molar refractivity (Wildman–Crippen MR) is 96.2 cm³/mol. The summed E-state index contributed by atoms with van der Waals surface area (Å²) >= 11 is 5.94. The monoisotopic (exact) mass is 361 g/mol. The molecule has 5 nitrogen and oxygen atoms in total. The van der Waals surface area contributed by atoms with Crippen LogP contribution >= 0.6 is 24.0 Å². The maximum atomic E-state index is 11.9. The zero-order chi connectivity index (χ0) is 16.2. The molecule has 0 aliphatic carbocycles. The van der Waals surface area contributed by atoms with Gasteiger partial charge in [0.25, 0.3) is 5.91 Å². The fourth-order valence-electron chi connectivity index (χ4n) is 1.99. The quantitative estimate of drug-likeness (QED) is 0.559. The molecule has 0 saturated carbocycles. The highest BCUT2D eigenvalue weighted by molar-refractivity contribution is 6.33. The van der Waals surface area contributed by atoms with Gasteiger partial charge in [0.2, 0.25) is 5.91 Å². The maximum absolute atomic E-state index is 11.9. The van der Waals surface area contributed by atoms with Crippen molar-refractivity contribution in [1.29, 1.82) is 0 Å². The first-order valence-corrected chi connectivity index (χ1v) is 8.02. The van der Waals surface area contributed by atoms with Crippen molar-refractivity contribution >= 4 is 35.8 Å². The van der Waals surface area contributed by atoms with Crippen LogP contribution in [0.3, 0.4) is 0 Å². The smallest absolute Gasteiger partial charge is 0.252 e. The summed E-state index contributed by atoms with van der Waals surface area (Å²) in [5, 5.41) is 5.93. The molecule has 0 aromatic heterocycles. The number of hydrogen-bond acceptors (Lipinski definition) is 3. The number of unbranched alkanes of at least 4 members (excludes halogenated alkanes) is 3. The Bertz CT molecular complexity index is 484. The van der Waals surface area contributed by atoms with Gasteiger partial charge in [-0.25, -0.2) is 0 Å². The predicted octanol–water partition coefficient (Wildman–Crippen LogP) is 2.52. The second-order valence-electron chi connectivity index (χ2n) is 5.04. The molecule has 0 bridgehead atoms. The fraction of sp³-hybridized carbons (Fsp3) is 0.500. The van der Waals surface area contributed by atoms with E-state index in [4.69, 9.17) is 17.3 Å². The Morgan fingerprint density at radius 1 is 1.00 bits per heavy atom. The highest BCUT2D eigenvalue weighted by Gasteiger charge is 2.08. The average Bonchev–Trinajstić information content (AvgIpc) is 2.51. The van der Waals surface area contributed by atoms with E-state index >= 15 is 0 Å². The number of hydrogen-bond donors (Lipinski definition) is 3. The average molecular weight is 362 g/mol. The number of benzene rings is 1. The standard InChI is InChI=1S/C16H24ClN3O2.ClH/c17-14-8-5-4-7-13(14)16(22)20-12-11-19-15(21)9-3-1-2-6-10-18;/h4-5,7-8H,1-3,6,9-12,18H2,(H,19,21)(H,20,22);1H. The summed E-state index contributed by atoms with van der Waals surface area (Å²) in [5.74, 6) is -0.221. The number of carbonyl (C=O) groups is 2. The molecule has 0 radical (unpaired) electrons. The van der Waals surface area contributed by atoms with Gasteiger partial charge in [-0.3, -0.25) is 9.59 Å². The molecular weight excluding hydrogens is 337 g/mol. The third-order valence-electron chi connectivity index (χ3n) is 3.21. The summed E-state index contributed by atoms with van der Waals surface area (Å²) in [6.45, 7) is 1.50. The number of carbonyl (C=O) groups excluding carboxylic acids is 2. The Labute approximate surface area is 148 Å². The van der Waals surface area contributed by atoms with Gasteiger partial charge in [0, 0.05) is 19.5 Å². The number of rotatable bonds is 10. The Morgan fingerprint density at radius 3 is 2.35 bits per heavy atom. The molecular formula is C16H25Cl2N3O2. The summed E-state index contributed by atoms with van der Waals surface area (Å²) in [7, 11) is 0. The van der Waals surface area contributed by atoms with Gasteiger partial charge < -0.3 is 16.4 Å². The third kappa shape index (κ3) is 9.43. The van der Waals surface area contributed by atoms with E-state index in [1.54, 1.807) is 24.3 Å². The topological polar surface area (TPSA) is 84.2 Å². The maximum Gasteiger partial charge on any atom is 0.252 e. The van der Waals surface area contributed by atoms with Crippen LogP contribution in [0.1, 0.15) is 42.5 Å². The lowest BCUT2D eigenvalue weighted by Crippen LogP contribution is -2.34. The van der Waals surface area contributed by atoms with E-state index in [9.17, 15) is 9.59 Å². The molecule has 0 aliphatic heterocycles. The van der Waals surface area contributed by atoms with Crippen LogP contribution in [0.4, 0.5) is 0 Å². The van der Waals surface area contributed by atoms with E-state index < -0.39 is 0 Å². The molecule has 1 rings (SSSR count). The van der Waals surface area contributed by atoms with Crippen molar-refractivity contribution in [2.24, 2.45) is 5.73 Å². The normalized spacial score (nSPS) is 9.83. The molecule has 0 heterocycles. The minimum atomic E-state index is -0.235. The lowest BCUT2D eigenvalue weighted by atomic mass is 10.1. The lowest BCUT2D eigenvalue weighted by Gasteiger charge is -2.08. The second kappa shape index (κ2) is 13.2. The molecule has 2 amide bonds. The van der Waals surface area contributed by atoms with Crippen molar-refractivity contribution in [1.82, 2.24) is 10.6 Å². The molecule has 0 aliphatic rings. The van der Waals surface area contributed by atoms with Crippen molar-refractivity contribution in [2.75, 3.05) is 19.6 Å². The Balaban J connectivity index is 0.00000484. The molecule has 130 valence electrons. The van der Waals surface area contributed by atoms with Crippen LogP contribution in [-0.4, -0.2) is 31.4 Å². The van der Waals surface area contributed by atoms with Gasteiger partial charge in [0.1, 0.15) is 0 Å². The number of nitrogens with one attached hydrogen (secondary N) is 2. The number of halogens is 2. The van der Waals surface area contributed by atoms with Gasteiger partial charge in [-0.1, -0.05) is 36.6 Å². The van der Waals surface area contributed by atoms with E-state index in [2.05, 4.69) is 10.6 Å². The van der Waals surface area contributed by atoms with Crippen LogP contribution < -0.4 is 16.4 Å². The fourth-order valence-corrected chi connectivity index (χ4v) is 2.21. The molecule has 0 saturated heterocycles. The second-order valence-corrected chi connectivity index (χ2v) is 5.45. The number of nitrogens with two attached hydrogens (primary N) is 1. The van der Waals surface area contributed by atoms with Gasteiger partial charge in [-0.15, -0.1) is 12.4 Å². The van der Waals surface area contributed by atoms with Gasteiger partial charge in [-0.05, 0) is 31.5 Å². The van der Waals surface area contributed by atoms with Crippen LogP contribution in [0.15, 0.2) is 24.3 Å².